The molecule has 6 aromatic carbocycles. The third-order valence-corrected chi connectivity index (χ3v) is 13.5. The van der Waals surface area contributed by atoms with Crippen molar-refractivity contribution in [2.75, 3.05) is 29.0 Å². The predicted octanol–water partition coefficient (Wildman–Crippen LogP) is 14.2. The maximum atomic E-state index is 11.3. The molecule has 1 aliphatic rings. The predicted molar refractivity (Wildman–Crippen MR) is 313 cm³/mol. The van der Waals surface area contributed by atoms with E-state index in [0.29, 0.717) is 46.5 Å². The summed E-state index contributed by atoms with van der Waals surface area (Å²) in [6.07, 6.45) is 11.4. The monoisotopic (exact) mass is 1080 g/mol. The summed E-state index contributed by atoms with van der Waals surface area (Å²) in [7, 11) is 0. The van der Waals surface area contributed by atoms with Gasteiger partial charge < -0.3 is 26.2 Å². The topological polar surface area (TPSA) is 225 Å². The zero-order valence-electron chi connectivity index (χ0n) is 41.7. The average Bonchev–Trinajstić information content (AvgIpc) is 4.06. The van der Waals surface area contributed by atoms with Crippen LogP contribution in [-0.4, -0.2) is 70.9 Å². The molecule has 1 aliphatic heterocycles. The Morgan fingerprint density at radius 3 is 1.59 bits per heavy atom. The van der Waals surface area contributed by atoms with Crippen molar-refractivity contribution in [2.24, 2.45) is 15.4 Å². The van der Waals surface area contributed by atoms with Gasteiger partial charge in [-0.25, -0.2) is 24.5 Å². The van der Waals surface area contributed by atoms with Crippen molar-refractivity contribution in [3.8, 4) is 0 Å². The van der Waals surface area contributed by atoms with Gasteiger partial charge in [0, 0.05) is 120 Å². The Bertz CT molecular complexity index is 4370. The first-order chi connectivity index (χ1) is 38.6. The van der Waals surface area contributed by atoms with Crippen molar-refractivity contribution < 1.29 is 19.8 Å². The van der Waals surface area contributed by atoms with Gasteiger partial charge in [0.15, 0.2) is 0 Å². The summed E-state index contributed by atoms with van der Waals surface area (Å²) in [5.74, 6) is 0.247. The number of carboxylic acids is 2. The lowest BCUT2D eigenvalue weighted by Gasteiger charge is -2.12. The number of aromatic carboxylic acids is 2. The van der Waals surface area contributed by atoms with Gasteiger partial charge in [0.25, 0.3) is 0 Å². The van der Waals surface area contributed by atoms with Crippen molar-refractivity contribution in [2.45, 2.75) is 13.0 Å². The van der Waals surface area contributed by atoms with Crippen molar-refractivity contribution >= 4 is 129 Å². The molecule has 0 fully saturated rings. The van der Waals surface area contributed by atoms with Crippen LogP contribution in [0.15, 0.2) is 204 Å². The number of halogens is 2. The second-order valence-corrected chi connectivity index (χ2v) is 19.0. The van der Waals surface area contributed by atoms with Gasteiger partial charge in [-0.3, -0.25) is 15.0 Å². The van der Waals surface area contributed by atoms with E-state index in [1.54, 1.807) is 67.4 Å². The molecule has 386 valence electrons. The Kier molecular flexibility index (Phi) is 14.9. The van der Waals surface area contributed by atoms with Crippen molar-refractivity contribution in [1.82, 2.24) is 29.9 Å². The molecular weight excluding hydrogens is 1040 g/mol. The summed E-state index contributed by atoms with van der Waals surface area (Å²) in [6.45, 7) is 1.80. The fraction of sp³-hybridized carbons (Fsp3) is 0.0656. The number of nitrogens with zero attached hydrogens (tertiary/aromatic N) is 9. The standard InChI is InChI=1S/C21H16ClN3O2.C20H13ClN6.C20H15N3O2/c22-15-3-1-2-13(10-15)6-9-24-20-17-7-8-23-12-18(17)16-5-4-14(21(26)27)11-19(16)25-20;21-13-2-1-3-14(9-13)24-20-16-6-7-22-10-17(16)15-5-4-12(8-18(15)25-20)19-11-23-27-26-19;24-20(25)14-6-7-15-17-12-21-9-8-16(17)19(23-18(15)10-14)22-11-13-4-2-1-3-5-13/h1-5,7-8,10-12H,6,9H2,(H,24,25)(H,26,27);1-10H,11H2,(H,24,25);1-10,12H,11H2,(H,22,23)(H,24,25). The molecule has 0 amide bonds. The van der Waals surface area contributed by atoms with Gasteiger partial charge in [0.05, 0.1) is 33.4 Å². The van der Waals surface area contributed by atoms with Crippen LogP contribution in [-0.2, 0) is 13.0 Å². The maximum Gasteiger partial charge on any atom is 0.335 e. The molecule has 0 radical (unpaired) electrons. The molecule has 16 nitrogen and oxygen atoms in total. The fourth-order valence-corrected chi connectivity index (χ4v) is 9.63. The van der Waals surface area contributed by atoms with Crippen LogP contribution in [0.25, 0.3) is 65.0 Å². The number of fused-ring (bicyclic) bond motifs is 9. The van der Waals surface area contributed by atoms with E-state index in [-0.39, 0.29) is 11.1 Å². The van der Waals surface area contributed by atoms with Crippen LogP contribution in [0.3, 0.4) is 0 Å². The number of rotatable bonds is 12. The molecular formula is C61H44Cl2N12O4. The first kappa shape index (κ1) is 51.1. The highest BCUT2D eigenvalue weighted by atomic mass is 35.5. The Labute approximate surface area is 460 Å². The number of anilines is 4. The Hall–Kier alpha value is -10.0. The lowest BCUT2D eigenvalue weighted by molar-refractivity contribution is 0.0686. The molecule has 0 unspecified atom stereocenters. The van der Waals surface area contributed by atoms with E-state index in [1.807, 2.05) is 121 Å². The lowest BCUT2D eigenvalue weighted by Crippen LogP contribution is -2.07. The number of aromatic nitrogens is 6. The SMILES string of the molecule is Clc1cccc(Nc2nc3cc(C4=NN=NC4)ccc3c3cnccc23)c1.O=C(O)c1ccc2c(c1)nc(NCCc1cccc(Cl)c1)c1ccncc12.O=C(O)c1ccc2c(c1)nc(NCc1ccccc1)c1ccncc12. The number of carbonyl (C=O) groups is 2. The van der Waals surface area contributed by atoms with Crippen LogP contribution in [0.5, 0.6) is 0 Å². The summed E-state index contributed by atoms with van der Waals surface area (Å²) in [5.41, 5.74) is 7.51. The number of carboxylic acid groups (broad SMARTS) is 2. The summed E-state index contributed by atoms with van der Waals surface area (Å²) in [5, 5.41) is 50.3. The van der Waals surface area contributed by atoms with Crippen molar-refractivity contribution in [3.05, 3.63) is 227 Å². The van der Waals surface area contributed by atoms with Crippen LogP contribution >= 0.6 is 23.2 Å². The summed E-state index contributed by atoms with van der Waals surface area (Å²) < 4.78 is 0. The van der Waals surface area contributed by atoms with Crippen molar-refractivity contribution in [1.29, 1.82) is 0 Å². The van der Waals surface area contributed by atoms with Gasteiger partial charge in [-0.1, -0.05) is 96.0 Å². The highest BCUT2D eigenvalue weighted by molar-refractivity contribution is 6.31. The van der Waals surface area contributed by atoms with Gasteiger partial charge in [-0.15, -0.1) is 5.10 Å². The van der Waals surface area contributed by atoms with Gasteiger partial charge in [-0.05, 0) is 102 Å². The number of hydrogen-bond acceptors (Lipinski definition) is 14. The first-order valence-corrected chi connectivity index (χ1v) is 25.6. The van der Waals surface area contributed by atoms with Crippen LogP contribution in [0.2, 0.25) is 10.0 Å². The molecule has 0 saturated heterocycles. The third-order valence-electron chi connectivity index (χ3n) is 13.1. The number of pyridine rings is 6. The summed E-state index contributed by atoms with van der Waals surface area (Å²) >= 11 is 12.2. The van der Waals surface area contributed by atoms with Gasteiger partial charge in [0.1, 0.15) is 24.0 Å². The van der Waals surface area contributed by atoms with E-state index in [0.717, 1.165) is 100 Å². The average molecular weight is 1080 g/mol. The smallest absolute Gasteiger partial charge is 0.335 e. The highest BCUT2D eigenvalue weighted by Gasteiger charge is 2.16. The van der Waals surface area contributed by atoms with Gasteiger partial charge in [-0.2, -0.15) is 5.11 Å². The molecule has 0 spiro atoms. The molecule has 5 N–H and O–H groups in total. The normalized spacial score (nSPS) is 11.7. The molecule has 0 aliphatic carbocycles. The van der Waals surface area contributed by atoms with E-state index >= 15 is 0 Å². The Morgan fingerprint density at radius 2 is 1.03 bits per heavy atom. The maximum absolute atomic E-state index is 11.3. The van der Waals surface area contributed by atoms with Crippen LogP contribution < -0.4 is 16.0 Å². The minimum absolute atomic E-state index is 0.211. The molecule has 0 bridgehead atoms. The van der Waals surface area contributed by atoms with Crippen LogP contribution in [0.4, 0.5) is 23.1 Å². The largest absolute Gasteiger partial charge is 0.478 e. The fourth-order valence-electron chi connectivity index (χ4n) is 9.22. The molecule has 79 heavy (non-hydrogen) atoms. The zero-order valence-corrected chi connectivity index (χ0v) is 43.2. The molecule has 18 heteroatoms. The minimum atomic E-state index is -0.972. The molecule has 0 saturated carbocycles. The first-order valence-electron chi connectivity index (χ1n) is 24.8. The van der Waals surface area contributed by atoms with E-state index < -0.39 is 11.9 Å². The molecule has 0 atom stereocenters. The second kappa shape index (κ2) is 23.1. The van der Waals surface area contributed by atoms with E-state index in [4.69, 9.17) is 28.2 Å². The molecule has 7 heterocycles. The number of hydrogen-bond donors (Lipinski definition) is 5. The summed E-state index contributed by atoms with van der Waals surface area (Å²) in [6, 6.07) is 47.2. The highest BCUT2D eigenvalue weighted by Crippen LogP contribution is 2.34. The molecule has 13 rings (SSSR count). The molecule has 12 aromatic rings. The minimum Gasteiger partial charge on any atom is -0.478 e. The van der Waals surface area contributed by atoms with E-state index in [2.05, 4.69) is 56.3 Å². The van der Waals surface area contributed by atoms with E-state index in [9.17, 15) is 19.8 Å². The van der Waals surface area contributed by atoms with Crippen molar-refractivity contribution in [3.63, 3.8) is 0 Å². The lowest BCUT2D eigenvalue weighted by atomic mass is 10.0. The summed E-state index contributed by atoms with van der Waals surface area (Å²) in [4.78, 5) is 49.4. The second-order valence-electron chi connectivity index (χ2n) is 18.2. The third kappa shape index (κ3) is 11.6. The van der Waals surface area contributed by atoms with Crippen LogP contribution in [0.1, 0.15) is 37.4 Å². The van der Waals surface area contributed by atoms with Gasteiger partial charge >= 0.3 is 11.9 Å². The quantitative estimate of drug-likeness (QED) is 0.0719. The Balaban J connectivity index is 0.000000125. The van der Waals surface area contributed by atoms with Crippen LogP contribution in [0, 0.1) is 0 Å². The van der Waals surface area contributed by atoms with E-state index in [1.165, 1.54) is 0 Å². The Morgan fingerprint density at radius 1 is 0.494 bits per heavy atom. The zero-order chi connectivity index (χ0) is 54.2. The number of benzene rings is 6. The number of nitrogens with one attached hydrogen (secondary N) is 3. The molecule has 6 aromatic heterocycles. The van der Waals surface area contributed by atoms with Gasteiger partial charge in [0.2, 0.25) is 0 Å².